The standard InChI is InChI=1S/C10H8F4O3/c1-16-4-17-6-3-2-5(7(11)8(6)12)9(15)10(13)14/h2-3,10H,4H2,1H3. The molecule has 17 heavy (non-hydrogen) atoms. The van der Waals surface area contributed by atoms with Gasteiger partial charge in [0.25, 0.3) is 0 Å². The van der Waals surface area contributed by atoms with E-state index in [1.807, 2.05) is 0 Å². The van der Waals surface area contributed by atoms with Crippen molar-refractivity contribution in [3.63, 3.8) is 0 Å². The molecule has 0 aliphatic heterocycles. The van der Waals surface area contributed by atoms with Gasteiger partial charge in [-0.25, -0.2) is 13.2 Å². The molecule has 7 heteroatoms. The zero-order chi connectivity index (χ0) is 13.0. The number of methoxy groups -OCH3 is 1. The van der Waals surface area contributed by atoms with E-state index in [1.165, 1.54) is 7.11 Å². The van der Waals surface area contributed by atoms with Crippen molar-refractivity contribution in [1.29, 1.82) is 0 Å². The van der Waals surface area contributed by atoms with Crippen LogP contribution in [0.3, 0.4) is 0 Å². The number of halogens is 4. The van der Waals surface area contributed by atoms with Crippen LogP contribution in [0.1, 0.15) is 10.4 Å². The second kappa shape index (κ2) is 5.62. The molecule has 1 aromatic rings. The van der Waals surface area contributed by atoms with Crippen molar-refractivity contribution < 1.29 is 31.8 Å². The van der Waals surface area contributed by atoms with Crippen LogP contribution in [-0.2, 0) is 4.74 Å². The van der Waals surface area contributed by atoms with E-state index >= 15 is 0 Å². The molecule has 0 bridgehead atoms. The lowest BCUT2D eigenvalue weighted by Crippen LogP contribution is -2.14. The summed E-state index contributed by atoms with van der Waals surface area (Å²) in [5.74, 6) is -5.47. The summed E-state index contributed by atoms with van der Waals surface area (Å²) in [5, 5.41) is 0. The first-order valence-corrected chi connectivity index (χ1v) is 4.41. The molecule has 94 valence electrons. The van der Waals surface area contributed by atoms with Gasteiger partial charge in [-0.2, -0.15) is 4.39 Å². The highest BCUT2D eigenvalue weighted by molar-refractivity contribution is 5.98. The van der Waals surface area contributed by atoms with E-state index in [0.29, 0.717) is 0 Å². The fourth-order valence-corrected chi connectivity index (χ4v) is 1.07. The quantitative estimate of drug-likeness (QED) is 0.458. The maximum atomic E-state index is 13.3. The Labute approximate surface area is 93.9 Å². The number of alkyl halides is 2. The number of carbonyl (C=O) groups excluding carboxylic acids is 1. The number of carbonyl (C=O) groups is 1. The maximum absolute atomic E-state index is 13.3. The number of hydrogen-bond acceptors (Lipinski definition) is 3. The molecule has 1 rings (SSSR count). The van der Waals surface area contributed by atoms with Crippen LogP contribution in [0.2, 0.25) is 0 Å². The Morgan fingerprint density at radius 2 is 1.94 bits per heavy atom. The molecule has 0 aliphatic carbocycles. The first-order valence-electron chi connectivity index (χ1n) is 4.41. The van der Waals surface area contributed by atoms with Crippen molar-refractivity contribution in [2.24, 2.45) is 0 Å². The van der Waals surface area contributed by atoms with E-state index in [2.05, 4.69) is 9.47 Å². The molecule has 0 saturated carbocycles. The molecular formula is C10H8F4O3. The van der Waals surface area contributed by atoms with Gasteiger partial charge in [-0.15, -0.1) is 0 Å². The Morgan fingerprint density at radius 3 is 2.47 bits per heavy atom. The minimum atomic E-state index is -3.39. The fraction of sp³-hybridized carbons (Fsp3) is 0.300. The minimum Gasteiger partial charge on any atom is -0.464 e. The van der Waals surface area contributed by atoms with Crippen LogP contribution >= 0.6 is 0 Å². The fourth-order valence-electron chi connectivity index (χ4n) is 1.07. The largest absolute Gasteiger partial charge is 0.464 e. The van der Waals surface area contributed by atoms with Crippen LogP contribution in [0.25, 0.3) is 0 Å². The van der Waals surface area contributed by atoms with E-state index in [0.717, 1.165) is 12.1 Å². The number of Topliss-reactive ketones (excluding diaryl/α,β-unsaturated/α-hetero) is 1. The highest BCUT2D eigenvalue weighted by Crippen LogP contribution is 2.24. The van der Waals surface area contributed by atoms with Gasteiger partial charge < -0.3 is 9.47 Å². The SMILES string of the molecule is COCOc1ccc(C(=O)C(F)F)c(F)c1F. The van der Waals surface area contributed by atoms with Crippen molar-refractivity contribution in [3.05, 3.63) is 29.3 Å². The van der Waals surface area contributed by atoms with E-state index in [1.54, 1.807) is 0 Å². The average Bonchev–Trinajstić information content (AvgIpc) is 2.30. The molecule has 3 nitrogen and oxygen atoms in total. The van der Waals surface area contributed by atoms with Crippen LogP contribution in [-0.4, -0.2) is 26.1 Å². The van der Waals surface area contributed by atoms with Crippen LogP contribution in [0, 0.1) is 11.6 Å². The van der Waals surface area contributed by atoms with Gasteiger partial charge in [-0.3, -0.25) is 4.79 Å². The van der Waals surface area contributed by atoms with Crippen LogP contribution in [0.5, 0.6) is 5.75 Å². The molecular weight excluding hydrogens is 244 g/mol. The third-order valence-electron chi connectivity index (χ3n) is 1.84. The van der Waals surface area contributed by atoms with Crippen molar-refractivity contribution in [1.82, 2.24) is 0 Å². The number of hydrogen-bond donors (Lipinski definition) is 0. The summed E-state index contributed by atoms with van der Waals surface area (Å²) < 4.78 is 59.7. The zero-order valence-corrected chi connectivity index (χ0v) is 8.68. The summed E-state index contributed by atoms with van der Waals surface area (Å²) in [7, 11) is 1.27. The molecule has 0 aromatic heterocycles. The number of rotatable bonds is 5. The van der Waals surface area contributed by atoms with E-state index in [-0.39, 0.29) is 6.79 Å². The van der Waals surface area contributed by atoms with E-state index in [9.17, 15) is 22.4 Å². The highest BCUT2D eigenvalue weighted by Gasteiger charge is 2.25. The number of benzene rings is 1. The average molecular weight is 252 g/mol. The molecule has 1 aromatic carbocycles. The smallest absolute Gasteiger partial charge is 0.300 e. The van der Waals surface area contributed by atoms with E-state index < -0.39 is 35.2 Å². The molecule has 0 aliphatic rings. The van der Waals surface area contributed by atoms with Gasteiger partial charge >= 0.3 is 6.43 Å². The van der Waals surface area contributed by atoms with Crippen molar-refractivity contribution in [3.8, 4) is 5.75 Å². The summed E-state index contributed by atoms with van der Waals surface area (Å²) >= 11 is 0. The maximum Gasteiger partial charge on any atom is 0.300 e. The summed E-state index contributed by atoms with van der Waals surface area (Å²) in [6, 6.07) is 1.62. The normalized spacial score (nSPS) is 10.7. The van der Waals surface area contributed by atoms with Gasteiger partial charge in [0.2, 0.25) is 11.6 Å². The third kappa shape index (κ3) is 2.94. The molecule has 0 N–H and O–H groups in total. The second-order valence-electron chi connectivity index (χ2n) is 2.96. The van der Waals surface area contributed by atoms with Crippen molar-refractivity contribution in [2.45, 2.75) is 6.43 Å². The van der Waals surface area contributed by atoms with Gasteiger partial charge in [-0.1, -0.05) is 0 Å². The van der Waals surface area contributed by atoms with Gasteiger partial charge in [0.1, 0.15) is 0 Å². The van der Waals surface area contributed by atoms with Crippen molar-refractivity contribution in [2.75, 3.05) is 13.9 Å². The Hall–Kier alpha value is -1.63. The highest BCUT2D eigenvalue weighted by atomic mass is 19.3. The predicted molar refractivity (Wildman–Crippen MR) is 49.2 cm³/mol. The van der Waals surface area contributed by atoms with Gasteiger partial charge in [0, 0.05) is 7.11 Å². The first-order chi connectivity index (χ1) is 7.99. The first kappa shape index (κ1) is 13.4. The molecule has 0 saturated heterocycles. The molecule has 0 fully saturated rings. The minimum absolute atomic E-state index is 0.335. The monoisotopic (exact) mass is 252 g/mol. The van der Waals surface area contributed by atoms with Gasteiger partial charge in [0.15, 0.2) is 18.4 Å². The number of ketones is 1. The number of ether oxygens (including phenoxy) is 2. The Bertz CT molecular complexity index is 420. The molecule has 0 spiro atoms. The predicted octanol–water partition coefficient (Wildman–Crippen LogP) is 2.40. The van der Waals surface area contributed by atoms with Gasteiger partial charge in [-0.05, 0) is 12.1 Å². The molecule has 0 atom stereocenters. The molecule has 0 unspecified atom stereocenters. The Kier molecular flexibility index (Phi) is 4.45. The molecule has 0 amide bonds. The van der Waals surface area contributed by atoms with Crippen LogP contribution in [0.4, 0.5) is 17.6 Å². The summed E-state index contributed by atoms with van der Waals surface area (Å²) in [6.07, 6.45) is -3.39. The topological polar surface area (TPSA) is 35.5 Å². The molecule has 0 radical (unpaired) electrons. The summed E-state index contributed by atoms with van der Waals surface area (Å²) in [6.45, 7) is -0.335. The summed E-state index contributed by atoms with van der Waals surface area (Å²) in [5.41, 5.74) is -1.01. The zero-order valence-electron chi connectivity index (χ0n) is 8.68. The lowest BCUT2D eigenvalue weighted by molar-refractivity contribution is 0.0476. The Balaban J connectivity index is 3.06. The Morgan fingerprint density at radius 1 is 1.29 bits per heavy atom. The lowest BCUT2D eigenvalue weighted by atomic mass is 10.1. The van der Waals surface area contributed by atoms with E-state index in [4.69, 9.17) is 0 Å². The third-order valence-corrected chi connectivity index (χ3v) is 1.84. The van der Waals surface area contributed by atoms with Crippen LogP contribution < -0.4 is 4.74 Å². The molecule has 0 heterocycles. The summed E-state index contributed by atoms with van der Waals surface area (Å²) in [4.78, 5) is 10.8. The second-order valence-corrected chi connectivity index (χ2v) is 2.96. The van der Waals surface area contributed by atoms with Gasteiger partial charge in [0.05, 0.1) is 5.56 Å². The van der Waals surface area contributed by atoms with Crippen molar-refractivity contribution >= 4 is 5.78 Å². The lowest BCUT2D eigenvalue weighted by Gasteiger charge is -2.08. The van der Waals surface area contributed by atoms with Crippen LogP contribution in [0.15, 0.2) is 12.1 Å².